The number of benzene rings is 1. The van der Waals surface area contributed by atoms with E-state index >= 15 is 0 Å². The number of amides is 1. The van der Waals surface area contributed by atoms with Gasteiger partial charge in [-0.2, -0.15) is 13.2 Å². The molecule has 1 aromatic rings. The van der Waals surface area contributed by atoms with Gasteiger partial charge in [-0.15, -0.1) is 0 Å². The van der Waals surface area contributed by atoms with Crippen LogP contribution in [0.1, 0.15) is 12.0 Å². The van der Waals surface area contributed by atoms with Crippen LogP contribution in [0.2, 0.25) is 0 Å². The number of rotatable bonds is 2. The second kappa shape index (κ2) is 9.33. The molecule has 2 fully saturated rings. The molecule has 3 rings (SSSR count). The van der Waals surface area contributed by atoms with Crippen LogP contribution in [-0.4, -0.2) is 78.4 Å². The maximum Gasteiger partial charge on any atom is 0.490 e. The van der Waals surface area contributed by atoms with Crippen LogP contribution in [0, 0.1) is 5.82 Å². The van der Waals surface area contributed by atoms with Gasteiger partial charge >= 0.3 is 12.1 Å². The average Bonchev–Trinajstić information content (AvgIpc) is 2.61. The molecule has 0 aromatic heterocycles. The van der Waals surface area contributed by atoms with E-state index < -0.39 is 12.1 Å². The number of morpholine rings is 1. The molecule has 0 saturated carbocycles. The Morgan fingerprint density at radius 3 is 2.57 bits per heavy atom. The molecule has 2 aliphatic heterocycles. The zero-order valence-corrected chi connectivity index (χ0v) is 15.3. The summed E-state index contributed by atoms with van der Waals surface area (Å²) < 4.78 is 50.7. The number of carbonyl (C=O) groups excluding carboxylic acids is 1. The van der Waals surface area contributed by atoms with Crippen molar-refractivity contribution in [2.45, 2.75) is 31.2 Å². The van der Waals surface area contributed by atoms with Crippen molar-refractivity contribution in [2.75, 3.05) is 33.3 Å². The van der Waals surface area contributed by atoms with Crippen LogP contribution in [0.4, 0.5) is 17.6 Å². The summed E-state index contributed by atoms with van der Waals surface area (Å²) in [5.41, 5.74) is 0.732. The highest BCUT2D eigenvalue weighted by atomic mass is 19.4. The first kappa shape index (κ1) is 22.1. The standard InChI is InChI=1S/C16H21FN2O2.C2HF3O2/c1-18-7-8-21-15-5-6-19(11-14(15)18)16(20)10-12-3-2-4-13(17)9-12;3-2(4,5)1(6)7/h2-4,9,14-15H,5-8,10-11H2,1H3;(H,6,7)/t14-,15-;/m0./s1. The van der Waals surface area contributed by atoms with Gasteiger partial charge in [-0.3, -0.25) is 9.69 Å². The van der Waals surface area contributed by atoms with Crippen molar-refractivity contribution in [3.8, 4) is 0 Å². The largest absolute Gasteiger partial charge is 0.490 e. The van der Waals surface area contributed by atoms with E-state index in [1.54, 1.807) is 12.1 Å². The molecule has 1 aromatic carbocycles. The van der Waals surface area contributed by atoms with E-state index in [-0.39, 0.29) is 30.3 Å². The Bertz CT molecular complexity index is 698. The zero-order chi connectivity index (χ0) is 20.9. The van der Waals surface area contributed by atoms with Gasteiger partial charge in [-0.25, -0.2) is 9.18 Å². The van der Waals surface area contributed by atoms with E-state index in [4.69, 9.17) is 14.6 Å². The van der Waals surface area contributed by atoms with Crippen LogP contribution in [0.15, 0.2) is 24.3 Å². The van der Waals surface area contributed by atoms with Crippen LogP contribution >= 0.6 is 0 Å². The van der Waals surface area contributed by atoms with Crippen molar-refractivity contribution in [2.24, 2.45) is 0 Å². The molecule has 1 N–H and O–H groups in total. The van der Waals surface area contributed by atoms with Crippen LogP contribution < -0.4 is 0 Å². The highest BCUT2D eigenvalue weighted by Crippen LogP contribution is 2.22. The Kier molecular flexibility index (Phi) is 7.36. The van der Waals surface area contributed by atoms with Gasteiger partial charge in [0, 0.05) is 19.6 Å². The lowest BCUT2D eigenvalue weighted by atomic mass is 9.98. The summed E-state index contributed by atoms with van der Waals surface area (Å²) in [5, 5.41) is 7.12. The van der Waals surface area contributed by atoms with Gasteiger partial charge < -0.3 is 14.7 Å². The molecule has 2 saturated heterocycles. The number of halogens is 4. The molecule has 0 aliphatic carbocycles. The molecule has 0 unspecified atom stereocenters. The van der Waals surface area contributed by atoms with Crippen molar-refractivity contribution in [1.29, 1.82) is 0 Å². The molecule has 1 amide bonds. The highest BCUT2D eigenvalue weighted by molar-refractivity contribution is 5.79. The number of carboxylic acid groups (broad SMARTS) is 1. The summed E-state index contributed by atoms with van der Waals surface area (Å²) in [5.74, 6) is -2.98. The summed E-state index contributed by atoms with van der Waals surface area (Å²) in [6, 6.07) is 6.55. The Labute approximate surface area is 159 Å². The number of likely N-dealkylation sites (tertiary alicyclic amines) is 1. The van der Waals surface area contributed by atoms with E-state index in [1.807, 2.05) is 4.90 Å². The van der Waals surface area contributed by atoms with Crippen molar-refractivity contribution >= 4 is 11.9 Å². The number of fused-ring (bicyclic) bond motifs is 1. The molecular weight excluding hydrogens is 384 g/mol. The first-order valence-electron chi connectivity index (χ1n) is 8.72. The maximum absolute atomic E-state index is 13.2. The minimum absolute atomic E-state index is 0.0676. The fourth-order valence-corrected chi connectivity index (χ4v) is 3.20. The van der Waals surface area contributed by atoms with E-state index in [2.05, 4.69) is 11.9 Å². The minimum atomic E-state index is -5.08. The lowest BCUT2D eigenvalue weighted by molar-refractivity contribution is -0.192. The molecule has 2 atom stereocenters. The number of alkyl halides is 3. The number of ether oxygens (including phenoxy) is 1. The Balaban J connectivity index is 0.000000345. The predicted molar refractivity (Wildman–Crippen MR) is 91.1 cm³/mol. The van der Waals surface area contributed by atoms with Gasteiger partial charge in [-0.05, 0) is 31.2 Å². The van der Waals surface area contributed by atoms with Gasteiger partial charge in [-0.1, -0.05) is 12.1 Å². The molecule has 2 heterocycles. The molecule has 10 heteroatoms. The van der Waals surface area contributed by atoms with Crippen molar-refractivity contribution in [3.63, 3.8) is 0 Å². The quantitative estimate of drug-likeness (QED) is 0.761. The lowest BCUT2D eigenvalue weighted by Crippen LogP contribution is -2.59. The van der Waals surface area contributed by atoms with Crippen molar-refractivity contribution in [1.82, 2.24) is 9.80 Å². The van der Waals surface area contributed by atoms with E-state index in [0.29, 0.717) is 6.54 Å². The molecular formula is C18H22F4N2O4. The molecule has 0 spiro atoms. The molecule has 2 aliphatic rings. The number of carbonyl (C=O) groups is 2. The Hall–Kier alpha value is -2.20. The topological polar surface area (TPSA) is 70.1 Å². The number of hydrogen-bond donors (Lipinski definition) is 1. The SMILES string of the molecule is CN1CCO[C@H]2CCN(C(=O)Cc3cccc(F)c3)C[C@@H]21.O=C(O)C(F)(F)F. The zero-order valence-electron chi connectivity index (χ0n) is 15.3. The highest BCUT2D eigenvalue weighted by Gasteiger charge is 2.38. The van der Waals surface area contributed by atoms with Crippen LogP contribution in [0.25, 0.3) is 0 Å². The van der Waals surface area contributed by atoms with Crippen LogP contribution in [0.3, 0.4) is 0 Å². The second-order valence-corrected chi connectivity index (χ2v) is 6.70. The number of carboxylic acids is 1. The number of likely N-dealkylation sites (N-methyl/N-ethyl adjacent to an activating group) is 1. The van der Waals surface area contributed by atoms with Crippen molar-refractivity contribution < 1.29 is 37.0 Å². The Morgan fingerprint density at radius 2 is 1.96 bits per heavy atom. The lowest BCUT2D eigenvalue weighted by Gasteiger charge is -2.45. The molecule has 156 valence electrons. The summed E-state index contributed by atoms with van der Waals surface area (Å²) in [4.78, 5) is 25.5. The fourth-order valence-electron chi connectivity index (χ4n) is 3.20. The molecule has 0 radical (unpaired) electrons. The molecule has 28 heavy (non-hydrogen) atoms. The molecule has 0 bridgehead atoms. The third-order valence-electron chi connectivity index (χ3n) is 4.70. The van der Waals surface area contributed by atoms with Crippen LogP contribution in [0.5, 0.6) is 0 Å². The third kappa shape index (κ3) is 6.16. The summed E-state index contributed by atoms with van der Waals surface area (Å²) >= 11 is 0. The fraction of sp³-hybridized carbons (Fsp3) is 0.556. The summed E-state index contributed by atoms with van der Waals surface area (Å²) in [6.45, 7) is 3.11. The first-order chi connectivity index (χ1) is 13.1. The maximum atomic E-state index is 13.2. The summed E-state index contributed by atoms with van der Waals surface area (Å²) in [6.07, 6.45) is -3.70. The van der Waals surface area contributed by atoms with Gasteiger partial charge in [0.1, 0.15) is 5.82 Å². The van der Waals surface area contributed by atoms with Gasteiger partial charge in [0.15, 0.2) is 0 Å². The number of hydrogen-bond acceptors (Lipinski definition) is 4. The number of aliphatic carboxylic acids is 1. The average molecular weight is 406 g/mol. The van der Waals surface area contributed by atoms with E-state index in [9.17, 15) is 22.4 Å². The minimum Gasteiger partial charge on any atom is -0.475 e. The monoisotopic (exact) mass is 406 g/mol. The number of nitrogens with zero attached hydrogens (tertiary/aromatic N) is 2. The van der Waals surface area contributed by atoms with E-state index in [1.165, 1.54) is 12.1 Å². The van der Waals surface area contributed by atoms with Gasteiger partial charge in [0.05, 0.1) is 25.2 Å². The van der Waals surface area contributed by atoms with Gasteiger partial charge in [0.2, 0.25) is 5.91 Å². The smallest absolute Gasteiger partial charge is 0.475 e. The second-order valence-electron chi connectivity index (χ2n) is 6.70. The summed E-state index contributed by atoms with van der Waals surface area (Å²) in [7, 11) is 2.08. The first-order valence-corrected chi connectivity index (χ1v) is 8.72. The normalized spacial score (nSPS) is 22.7. The molecule has 6 nitrogen and oxygen atoms in total. The Morgan fingerprint density at radius 1 is 1.29 bits per heavy atom. The third-order valence-corrected chi connectivity index (χ3v) is 4.70. The van der Waals surface area contributed by atoms with Crippen molar-refractivity contribution in [3.05, 3.63) is 35.6 Å². The van der Waals surface area contributed by atoms with E-state index in [0.717, 1.165) is 31.7 Å². The predicted octanol–water partition coefficient (Wildman–Crippen LogP) is 1.93. The van der Waals surface area contributed by atoms with Gasteiger partial charge in [0.25, 0.3) is 0 Å². The van der Waals surface area contributed by atoms with Crippen LogP contribution in [-0.2, 0) is 20.7 Å². The number of piperidine rings is 1.